The summed E-state index contributed by atoms with van der Waals surface area (Å²) in [5, 5.41) is 27.1. The zero-order chi connectivity index (χ0) is 27.8. The number of methoxy groups -OCH3 is 1. The average molecular weight is 539 g/mol. The number of carbonyl (C=O) groups is 2. The van der Waals surface area contributed by atoms with Gasteiger partial charge in [0.2, 0.25) is 0 Å². The Morgan fingerprint density at radius 3 is 2.59 bits per heavy atom. The number of phenols is 1. The quantitative estimate of drug-likeness (QED) is 0.352. The SMILES string of the molecule is COC(=O)[C@H](Cc1ccc(O)cc1)NC(=O)CO/N=C1/C=C2CC[C@H]3[C@@H]4CC[C@@H](O)[C@@]4(C)CC[C@@H]3[C@@]2(C)CC1. The molecule has 1 aromatic carbocycles. The average Bonchev–Trinajstić information content (AvgIpc) is 3.23. The summed E-state index contributed by atoms with van der Waals surface area (Å²) in [7, 11) is 1.28. The van der Waals surface area contributed by atoms with E-state index in [4.69, 9.17) is 9.57 Å². The Hall–Kier alpha value is -2.87. The van der Waals surface area contributed by atoms with Gasteiger partial charge in [0.1, 0.15) is 11.8 Å². The Morgan fingerprint density at radius 1 is 1.08 bits per heavy atom. The monoisotopic (exact) mass is 538 g/mol. The predicted octanol–water partition coefficient (Wildman–Crippen LogP) is 4.29. The van der Waals surface area contributed by atoms with Gasteiger partial charge < -0.3 is 25.1 Å². The summed E-state index contributed by atoms with van der Waals surface area (Å²) < 4.78 is 4.85. The van der Waals surface area contributed by atoms with Gasteiger partial charge in [-0.2, -0.15) is 0 Å². The van der Waals surface area contributed by atoms with Gasteiger partial charge in [0.25, 0.3) is 5.91 Å². The highest BCUT2D eigenvalue weighted by atomic mass is 16.6. The highest BCUT2D eigenvalue weighted by molar-refractivity contribution is 5.96. The van der Waals surface area contributed by atoms with Gasteiger partial charge in [-0.05, 0) is 104 Å². The number of oxime groups is 1. The molecule has 8 nitrogen and oxygen atoms in total. The number of hydrogen-bond acceptors (Lipinski definition) is 7. The number of aromatic hydroxyl groups is 1. The second-order valence-corrected chi connectivity index (χ2v) is 12.5. The van der Waals surface area contributed by atoms with E-state index in [1.54, 1.807) is 12.1 Å². The van der Waals surface area contributed by atoms with Crippen molar-refractivity contribution in [1.82, 2.24) is 5.32 Å². The molecule has 3 fully saturated rings. The van der Waals surface area contributed by atoms with Crippen molar-refractivity contribution in [3.05, 3.63) is 41.5 Å². The van der Waals surface area contributed by atoms with Crippen LogP contribution < -0.4 is 5.32 Å². The van der Waals surface area contributed by atoms with Crippen LogP contribution in [0.15, 0.2) is 41.1 Å². The lowest BCUT2D eigenvalue weighted by atomic mass is 9.47. The van der Waals surface area contributed by atoms with Crippen molar-refractivity contribution >= 4 is 17.6 Å². The molecule has 1 aromatic rings. The molecule has 0 unspecified atom stereocenters. The molecule has 5 rings (SSSR count). The van der Waals surface area contributed by atoms with Crippen LogP contribution in [0.3, 0.4) is 0 Å². The number of phenolic OH excluding ortho intramolecular Hbond substituents is 1. The van der Waals surface area contributed by atoms with E-state index in [2.05, 4.69) is 30.4 Å². The summed E-state index contributed by atoms with van der Waals surface area (Å²) in [6.07, 6.45) is 10.7. The van der Waals surface area contributed by atoms with E-state index in [-0.39, 0.29) is 35.7 Å². The number of hydrogen-bond donors (Lipinski definition) is 3. The fraction of sp³-hybridized carbons (Fsp3) is 0.645. The number of ether oxygens (including phenoxy) is 1. The van der Waals surface area contributed by atoms with E-state index in [0.717, 1.165) is 49.8 Å². The van der Waals surface area contributed by atoms with Crippen molar-refractivity contribution in [3.63, 3.8) is 0 Å². The van der Waals surface area contributed by atoms with Crippen molar-refractivity contribution in [2.45, 2.75) is 83.8 Å². The zero-order valence-electron chi connectivity index (χ0n) is 23.3. The Balaban J connectivity index is 1.18. The molecule has 3 N–H and O–H groups in total. The maximum Gasteiger partial charge on any atom is 0.328 e. The summed E-state index contributed by atoms with van der Waals surface area (Å²) in [6, 6.07) is 5.59. The molecular formula is C31H42N2O6. The third-order valence-electron chi connectivity index (χ3n) is 10.5. The molecule has 0 aromatic heterocycles. The largest absolute Gasteiger partial charge is 0.508 e. The highest BCUT2D eigenvalue weighted by Gasteiger charge is 2.58. The smallest absolute Gasteiger partial charge is 0.328 e. The number of rotatable bonds is 7. The van der Waals surface area contributed by atoms with Gasteiger partial charge in [-0.1, -0.05) is 36.7 Å². The number of aliphatic hydroxyl groups excluding tert-OH is 1. The predicted molar refractivity (Wildman–Crippen MR) is 147 cm³/mol. The van der Waals surface area contributed by atoms with E-state index in [1.807, 2.05) is 0 Å². The fourth-order valence-electron chi connectivity index (χ4n) is 8.23. The van der Waals surface area contributed by atoms with Crippen molar-refractivity contribution < 1.29 is 29.4 Å². The molecule has 8 heteroatoms. The maximum atomic E-state index is 12.5. The van der Waals surface area contributed by atoms with Gasteiger partial charge in [0.15, 0.2) is 6.61 Å². The second-order valence-electron chi connectivity index (χ2n) is 12.5. The van der Waals surface area contributed by atoms with Gasteiger partial charge in [-0.3, -0.25) is 4.79 Å². The lowest BCUT2D eigenvalue weighted by Crippen LogP contribution is -2.51. The number of nitrogens with zero attached hydrogens (tertiary/aromatic N) is 1. The van der Waals surface area contributed by atoms with Crippen LogP contribution in [0.2, 0.25) is 0 Å². The van der Waals surface area contributed by atoms with E-state index in [1.165, 1.54) is 37.7 Å². The van der Waals surface area contributed by atoms with E-state index < -0.39 is 17.9 Å². The second kappa shape index (κ2) is 11.0. The summed E-state index contributed by atoms with van der Waals surface area (Å²) in [6.45, 7) is 4.45. The molecule has 0 aliphatic heterocycles. The third kappa shape index (κ3) is 5.32. The lowest BCUT2D eigenvalue weighted by molar-refractivity contribution is -0.145. The van der Waals surface area contributed by atoms with Crippen LogP contribution in [0.25, 0.3) is 0 Å². The van der Waals surface area contributed by atoms with E-state index >= 15 is 0 Å². The van der Waals surface area contributed by atoms with Crippen LogP contribution in [0.5, 0.6) is 5.75 Å². The van der Waals surface area contributed by atoms with Crippen molar-refractivity contribution in [1.29, 1.82) is 0 Å². The number of aliphatic hydroxyl groups is 1. The lowest BCUT2D eigenvalue weighted by Gasteiger charge is -2.57. The summed E-state index contributed by atoms with van der Waals surface area (Å²) >= 11 is 0. The maximum absolute atomic E-state index is 12.5. The standard InChI is InChI=1S/C31H42N2O6/c1-30-14-12-21(17-20(30)6-9-23-24-10-11-27(35)31(24,2)15-13-25(23)30)33-39-18-28(36)32-26(29(37)38-3)16-19-4-7-22(34)8-5-19/h4-5,7-8,17,23-27,34-35H,6,9-16,18H2,1-3H3,(H,32,36)/b33-21+/t23-,24-,25-,26-,27+,30-,31-/m0/s1. The molecule has 0 bridgehead atoms. The first-order valence-corrected chi connectivity index (χ1v) is 14.4. The number of carbonyl (C=O) groups excluding carboxylic acids is 2. The number of allylic oxidation sites excluding steroid dienone is 2. The van der Waals surface area contributed by atoms with Gasteiger partial charge in [-0.15, -0.1) is 0 Å². The summed E-state index contributed by atoms with van der Waals surface area (Å²) in [5.41, 5.74) is 3.34. The molecule has 39 heavy (non-hydrogen) atoms. The number of amides is 1. The number of esters is 1. The first-order chi connectivity index (χ1) is 18.6. The molecule has 0 spiro atoms. The Kier molecular flexibility index (Phi) is 7.77. The van der Waals surface area contributed by atoms with Crippen LogP contribution >= 0.6 is 0 Å². The molecule has 0 radical (unpaired) electrons. The first-order valence-electron chi connectivity index (χ1n) is 14.4. The van der Waals surface area contributed by atoms with Gasteiger partial charge in [0, 0.05) is 6.42 Å². The van der Waals surface area contributed by atoms with Crippen LogP contribution in [0.4, 0.5) is 0 Å². The van der Waals surface area contributed by atoms with Crippen LogP contribution in [-0.4, -0.2) is 53.7 Å². The fourth-order valence-corrected chi connectivity index (χ4v) is 8.23. The van der Waals surface area contributed by atoms with Crippen molar-refractivity contribution in [2.75, 3.05) is 13.7 Å². The zero-order valence-corrected chi connectivity index (χ0v) is 23.3. The highest BCUT2D eigenvalue weighted by Crippen LogP contribution is 2.65. The topological polar surface area (TPSA) is 117 Å². The first kappa shape index (κ1) is 27.7. The number of fused-ring (bicyclic) bond motifs is 5. The molecule has 212 valence electrons. The van der Waals surface area contributed by atoms with Crippen LogP contribution in [0, 0.1) is 28.6 Å². The third-order valence-corrected chi connectivity index (χ3v) is 10.5. The molecule has 0 saturated heterocycles. The minimum atomic E-state index is -0.866. The molecule has 7 atom stereocenters. The molecular weight excluding hydrogens is 496 g/mol. The van der Waals surface area contributed by atoms with Crippen molar-refractivity contribution in [2.24, 2.45) is 33.7 Å². The summed E-state index contributed by atoms with van der Waals surface area (Å²) in [4.78, 5) is 30.2. The Labute approximate surface area is 230 Å². The Bertz CT molecular complexity index is 1150. The van der Waals surface area contributed by atoms with Gasteiger partial charge in [0.05, 0.1) is 18.9 Å². The number of benzene rings is 1. The van der Waals surface area contributed by atoms with Gasteiger partial charge in [-0.25, -0.2) is 4.79 Å². The van der Waals surface area contributed by atoms with E-state index in [0.29, 0.717) is 17.8 Å². The molecule has 1 amide bonds. The molecule has 3 saturated carbocycles. The molecule has 4 aliphatic rings. The molecule has 4 aliphatic carbocycles. The summed E-state index contributed by atoms with van der Waals surface area (Å²) in [5.74, 6) is 1.09. The van der Waals surface area contributed by atoms with Crippen LogP contribution in [0.1, 0.15) is 70.8 Å². The van der Waals surface area contributed by atoms with Gasteiger partial charge >= 0.3 is 5.97 Å². The minimum absolute atomic E-state index is 0.0887. The normalized spacial score (nSPS) is 35.2. The van der Waals surface area contributed by atoms with Crippen LogP contribution in [-0.2, 0) is 25.6 Å². The van der Waals surface area contributed by atoms with Crippen molar-refractivity contribution in [3.8, 4) is 5.75 Å². The number of nitrogens with one attached hydrogen (secondary N) is 1. The Morgan fingerprint density at radius 2 is 1.85 bits per heavy atom. The molecule has 0 heterocycles. The minimum Gasteiger partial charge on any atom is -0.508 e. The van der Waals surface area contributed by atoms with E-state index in [9.17, 15) is 19.8 Å².